The quantitative estimate of drug-likeness (QED) is 0.730. The zero-order valence-corrected chi connectivity index (χ0v) is 10.1. The van der Waals surface area contributed by atoms with E-state index >= 15 is 0 Å². The van der Waals surface area contributed by atoms with Crippen LogP contribution in [-0.4, -0.2) is 16.9 Å². The molecule has 16 heavy (non-hydrogen) atoms. The summed E-state index contributed by atoms with van der Waals surface area (Å²) in [5.74, 6) is -1.43. The summed E-state index contributed by atoms with van der Waals surface area (Å²) in [7, 11) is 0. The second kappa shape index (κ2) is 4.81. The second-order valence-electron chi connectivity index (χ2n) is 4.97. The molecule has 0 aliphatic heterocycles. The number of aliphatic carboxylic acids is 1. The highest BCUT2D eigenvalue weighted by Crippen LogP contribution is 2.47. The summed E-state index contributed by atoms with van der Waals surface area (Å²) in [6, 6.07) is 0. The number of carboxylic acid groups (broad SMARTS) is 1. The molecule has 0 aromatic rings. The lowest BCUT2D eigenvalue weighted by molar-refractivity contribution is -0.151. The summed E-state index contributed by atoms with van der Waals surface area (Å²) in [6.45, 7) is 7.11. The molecular formula is C13H20O3. The molecule has 0 aromatic heterocycles. The van der Waals surface area contributed by atoms with Crippen molar-refractivity contribution in [3.8, 4) is 0 Å². The van der Waals surface area contributed by atoms with Crippen molar-refractivity contribution < 1.29 is 14.7 Å². The van der Waals surface area contributed by atoms with Crippen LogP contribution < -0.4 is 0 Å². The van der Waals surface area contributed by atoms with Gasteiger partial charge in [-0.05, 0) is 33.1 Å². The fraction of sp³-hybridized carbons (Fsp3) is 0.692. The predicted octanol–water partition coefficient (Wildman–Crippen LogP) is 2.80. The number of rotatable bonds is 5. The molecule has 0 aromatic carbocycles. The van der Waals surface area contributed by atoms with Gasteiger partial charge in [-0.1, -0.05) is 18.4 Å². The minimum absolute atomic E-state index is 0.0265. The number of Topliss-reactive ketones (excluding diaryl/α,β-unsaturated/α-hetero) is 1. The van der Waals surface area contributed by atoms with E-state index in [-0.39, 0.29) is 5.78 Å². The van der Waals surface area contributed by atoms with Gasteiger partial charge in [0.25, 0.3) is 0 Å². The Balaban J connectivity index is 3.01. The number of hydrogen-bond acceptors (Lipinski definition) is 2. The van der Waals surface area contributed by atoms with Gasteiger partial charge in [0.05, 0.1) is 5.92 Å². The predicted molar refractivity (Wildman–Crippen MR) is 62.1 cm³/mol. The molecule has 1 aliphatic rings. The Morgan fingerprint density at radius 2 is 1.81 bits per heavy atom. The summed E-state index contributed by atoms with van der Waals surface area (Å²) < 4.78 is 0. The first-order chi connectivity index (χ1) is 7.40. The lowest BCUT2D eigenvalue weighted by Crippen LogP contribution is -2.39. The Bertz CT molecular complexity index is 311. The minimum Gasteiger partial charge on any atom is -0.481 e. The lowest BCUT2D eigenvalue weighted by atomic mass is 9.69. The van der Waals surface area contributed by atoms with Gasteiger partial charge in [-0.2, -0.15) is 0 Å². The Morgan fingerprint density at radius 1 is 1.31 bits per heavy atom. The molecule has 1 atom stereocenters. The molecule has 0 heterocycles. The molecule has 0 unspecified atom stereocenters. The third kappa shape index (κ3) is 2.34. The number of allylic oxidation sites excluding steroid dienone is 1. The Labute approximate surface area is 96.5 Å². The van der Waals surface area contributed by atoms with Gasteiger partial charge in [-0.3, -0.25) is 9.59 Å². The standard InChI is InChI=1S/C13H20O3/c1-9(2)8-11(12(15)16)13(10(3)14)6-4-5-7-13/h11H,1,4-8H2,2-3H3,(H,15,16)/t11-/m0/s1. The molecule has 0 bridgehead atoms. The highest BCUT2D eigenvalue weighted by molar-refractivity contribution is 5.88. The Morgan fingerprint density at radius 3 is 2.12 bits per heavy atom. The van der Waals surface area contributed by atoms with Gasteiger partial charge in [0.1, 0.15) is 5.78 Å². The van der Waals surface area contributed by atoms with E-state index in [4.69, 9.17) is 0 Å². The van der Waals surface area contributed by atoms with Gasteiger partial charge in [-0.15, -0.1) is 6.58 Å². The van der Waals surface area contributed by atoms with Crippen molar-refractivity contribution in [3.63, 3.8) is 0 Å². The third-order valence-electron chi connectivity index (χ3n) is 3.71. The lowest BCUT2D eigenvalue weighted by Gasteiger charge is -2.32. The number of hydrogen-bond donors (Lipinski definition) is 1. The Hall–Kier alpha value is -1.12. The van der Waals surface area contributed by atoms with E-state index in [1.54, 1.807) is 0 Å². The smallest absolute Gasteiger partial charge is 0.307 e. The fourth-order valence-corrected chi connectivity index (χ4v) is 2.82. The molecule has 1 saturated carbocycles. The minimum atomic E-state index is -0.861. The number of carbonyl (C=O) groups is 2. The topological polar surface area (TPSA) is 54.4 Å². The van der Waals surface area contributed by atoms with E-state index in [0.717, 1.165) is 18.4 Å². The van der Waals surface area contributed by atoms with Crippen LogP contribution in [0.4, 0.5) is 0 Å². The molecule has 1 fully saturated rings. The molecular weight excluding hydrogens is 204 g/mol. The molecule has 1 aliphatic carbocycles. The first-order valence-electron chi connectivity index (χ1n) is 5.78. The molecule has 3 heteroatoms. The molecule has 1 N–H and O–H groups in total. The van der Waals surface area contributed by atoms with Crippen LogP contribution in [0.15, 0.2) is 12.2 Å². The van der Waals surface area contributed by atoms with Crippen LogP contribution in [0.25, 0.3) is 0 Å². The van der Waals surface area contributed by atoms with E-state index in [0.29, 0.717) is 19.3 Å². The largest absolute Gasteiger partial charge is 0.481 e. The molecule has 0 amide bonds. The van der Waals surface area contributed by atoms with E-state index < -0.39 is 17.3 Å². The van der Waals surface area contributed by atoms with E-state index in [9.17, 15) is 14.7 Å². The summed E-state index contributed by atoms with van der Waals surface area (Å²) in [5, 5.41) is 9.30. The average Bonchev–Trinajstić information content (AvgIpc) is 2.63. The molecule has 3 nitrogen and oxygen atoms in total. The molecule has 0 radical (unpaired) electrons. The second-order valence-corrected chi connectivity index (χ2v) is 4.97. The number of carboxylic acids is 1. The average molecular weight is 224 g/mol. The van der Waals surface area contributed by atoms with E-state index in [1.807, 2.05) is 6.92 Å². The van der Waals surface area contributed by atoms with Gasteiger partial charge < -0.3 is 5.11 Å². The zero-order chi connectivity index (χ0) is 12.3. The highest BCUT2D eigenvalue weighted by atomic mass is 16.4. The van der Waals surface area contributed by atoms with Gasteiger partial charge in [0, 0.05) is 5.41 Å². The van der Waals surface area contributed by atoms with Crippen molar-refractivity contribution in [2.45, 2.75) is 46.0 Å². The van der Waals surface area contributed by atoms with Crippen molar-refractivity contribution in [2.75, 3.05) is 0 Å². The van der Waals surface area contributed by atoms with Crippen LogP contribution in [0.3, 0.4) is 0 Å². The SMILES string of the molecule is C=C(C)C[C@@H](C(=O)O)C1(C(C)=O)CCCC1. The summed E-state index contributed by atoms with van der Waals surface area (Å²) in [4.78, 5) is 23.1. The van der Waals surface area contributed by atoms with Crippen LogP contribution in [0.1, 0.15) is 46.0 Å². The van der Waals surface area contributed by atoms with Crippen molar-refractivity contribution in [3.05, 3.63) is 12.2 Å². The van der Waals surface area contributed by atoms with Crippen LogP contribution in [0, 0.1) is 11.3 Å². The Kier molecular flexibility index (Phi) is 3.89. The maximum atomic E-state index is 11.8. The van der Waals surface area contributed by atoms with Gasteiger partial charge in [0.2, 0.25) is 0 Å². The highest BCUT2D eigenvalue weighted by Gasteiger charge is 2.48. The monoisotopic (exact) mass is 224 g/mol. The summed E-state index contributed by atoms with van der Waals surface area (Å²) in [6.07, 6.45) is 3.76. The van der Waals surface area contributed by atoms with Gasteiger partial charge >= 0.3 is 5.97 Å². The van der Waals surface area contributed by atoms with Crippen LogP contribution >= 0.6 is 0 Å². The maximum Gasteiger partial charge on any atom is 0.307 e. The van der Waals surface area contributed by atoms with Crippen molar-refractivity contribution in [1.29, 1.82) is 0 Å². The zero-order valence-electron chi connectivity index (χ0n) is 10.1. The third-order valence-corrected chi connectivity index (χ3v) is 3.71. The first kappa shape index (κ1) is 12.9. The van der Waals surface area contributed by atoms with Crippen LogP contribution in [-0.2, 0) is 9.59 Å². The summed E-state index contributed by atoms with van der Waals surface area (Å²) in [5.41, 5.74) is 0.199. The summed E-state index contributed by atoms with van der Waals surface area (Å²) >= 11 is 0. The molecule has 1 rings (SSSR count). The van der Waals surface area contributed by atoms with Gasteiger partial charge in [0.15, 0.2) is 0 Å². The van der Waals surface area contributed by atoms with Gasteiger partial charge in [-0.25, -0.2) is 0 Å². The first-order valence-corrected chi connectivity index (χ1v) is 5.78. The van der Waals surface area contributed by atoms with Crippen molar-refractivity contribution in [1.82, 2.24) is 0 Å². The van der Waals surface area contributed by atoms with Crippen molar-refractivity contribution >= 4 is 11.8 Å². The molecule has 0 saturated heterocycles. The van der Waals surface area contributed by atoms with Crippen molar-refractivity contribution in [2.24, 2.45) is 11.3 Å². The van der Waals surface area contributed by atoms with Crippen LogP contribution in [0.2, 0.25) is 0 Å². The van der Waals surface area contributed by atoms with E-state index in [2.05, 4.69) is 6.58 Å². The number of ketones is 1. The molecule has 0 spiro atoms. The normalized spacial score (nSPS) is 20.4. The van der Waals surface area contributed by atoms with Crippen LogP contribution in [0.5, 0.6) is 0 Å². The fourth-order valence-electron chi connectivity index (χ4n) is 2.82. The maximum absolute atomic E-state index is 11.8. The molecule has 90 valence electrons. The van der Waals surface area contributed by atoms with E-state index in [1.165, 1.54) is 6.92 Å². The number of carbonyl (C=O) groups excluding carboxylic acids is 1.